The molecule has 0 aliphatic rings. The summed E-state index contributed by atoms with van der Waals surface area (Å²) in [7, 11) is 0. The second kappa shape index (κ2) is 10.6. The van der Waals surface area contributed by atoms with Crippen LogP contribution >= 0.6 is 11.3 Å². The highest BCUT2D eigenvalue weighted by Gasteiger charge is 2.17. The molecule has 2 aromatic rings. The monoisotopic (exact) mass is 375 g/mol. The number of hydrogen-bond donors (Lipinski definition) is 2. The van der Waals surface area contributed by atoms with Crippen LogP contribution in [-0.2, 0) is 11.2 Å². The molecule has 0 spiro atoms. The number of carbonyl (C=O) groups excluding carboxylic acids is 1. The molecule has 0 radical (unpaired) electrons. The highest BCUT2D eigenvalue weighted by molar-refractivity contribution is 7.12. The number of ether oxygens (including phenoxy) is 1. The summed E-state index contributed by atoms with van der Waals surface area (Å²) < 4.78 is 4.56. The molecule has 1 amide bonds. The Morgan fingerprint density at radius 3 is 2.69 bits per heavy atom. The molecule has 1 unspecified atom stereocenters. The molecule has 5 nitrogen and oxygen atoms in total. The van der Waals surface area contributed by atoms with Gasteiger partial charge in [0.25, 0.3) is 5.91 Å². The van der Waals surface area contributed by atoms with Gasteiger partial charge in [-0.25, -0.2) is 4.79 Å². The van der Waals surface area contributed by atoms with Crippen molar-refractivity contribution in [1.82, 2.24) is 5.32 Å². The van der Waals surface area contributed by atoms with Gasteiger partial charge in [-0.05, 0) is 48.3 Å². The molecule has 2 rings (SSSR count). The first kappa shape index (κ1) is 20.0. The number of thiophene rings is 1. The summed E-state index contributed by atoms with van der Waals surface area (Å²) in [5.41, 5.74) is 2.20. The van der Waals surface area contributed by atoms with Crippen molar-refractivity contribution in [3.8, 4) is 0 Å². The molecule has 0 aliphatic heterocycles. The molecule has 2 N–H and O–H groups in total. The van der Waals surface area contributed by atoms with Gasteiger partial charge in [0, 0.05) is 0 Å². The normalized spacial score (nSPS) is 11.7. The highest BCUT2D eigenvalue weighted by Crippen LogP contribution is 2.22. The molecule has 0 fully saturated rings. The zero-order valence-corrected chi connectivity index (χ0v) is 15.8. The lowest BCUT2D eigenvalue weighted by Crippen LogP contribution is -2.28. The zero-order valence-electron chi connectivity index (χ0n) is 14.9. The molecular formula is C20H25NO4S. The predicted molar refractivity (Wildman–Crippen MR) is 103 cm³/mol. The quantitative estimate of drug-likeness (QED) is 0.451. The van der Waals surface area contributed by atoms with Crippen molar-refractivity contribution in [2.24, 2.45) is 0 Å². The minimum absolute atomic E-state index is 0.0919. The fraction of sp³-hybridized carbons (Fsp3) is 0.400. The van der Waals surface area contributed by atoms with E-state index in [-0.39, 0.29) is 18.6 Å². The van der Waals surface area contributed by atoms with Crippen LogP contribution < -0.4 is 5.32 Å². The van der Waals surface area contributed by atoms with Crippen LogP contribution in [-0.4, -0.2) is 23.8 Å². The van der Waals surface area contributed by atoms with E-state index in [0.717, 1.165) is 24.8 Å². The van der Waals surface area contributed by atoms with Crippen molar-refractivity contribution in [2.45, 2.75) is 45.1 Å². The molecular weight excluding hydrogens is 350 g/mol. The maximum absolute atomic E-state index is 12.6. The fourth-order valence-corrected chi connectivity index (χ4v) is 3.54. The van der Waals surface area contributed by atoms with Gasteiger partial charge in [0.2, 0.25) is 0 Å². The number of hydrogen-bond acceptors (Lipinski definition) is 4. The third-order valence-corrected chi connectivity index (χ3v) is 5.04. The molecule has 0 saturated carbocycles. The fourth-order valence-electron chi connectivity index (χ4n) is 2.69. The minimum atomic E-state index is -1.27. The maximum atomic E-state index is 12.6. The number of unbranched alkanes of at least 4 members (excludes halogenated alkanes) is 1. The topological polar surface area (TPSA) is 75.6 Å². The molecule has 0 bridgehead atoms. The van der Waals surface area contributed by atoms with Crippen LogP contribution in [0.25, 0.3) is 0 Å². The average molecular weight is 375 g/mol. The van der Waals surface area contributed by atoms with Gasteiger partial charge in [-0.3, -0.25) is 4.79 Å². The standard InChI is InChI=1S/C20H25NO4S/c1-2-3-8-15-13-18(26-14-15)19(22)21-17(11-7-12-25-20(23)24)16-9-5-4-6-10-16/h4-6,9-10,13-14,17H,2-3,7-8,11-12H2,1H3,(H,21,22)(H,23,24). The Kier molecular flexibility index (Phi) is 8.15. The van der Waals surface area contributed by atoms with Crippen LogP contribution in [0.15, 0.2) is 41.8 Å². The van der Waals surface area contributed by atoms with Gasteiger partial charge in [0.1, 0.15) is 0 Å². The van der Waals surface area contributed by atoms with Crippen LogP contribution in [0.5, 0.6) is 0 Å². The zero-order chi connectivity index (χ0) is 18.8. The van der Waals surface area contributed by atoms with Crippen LogP contribution in [0.3, 0.4) is 0 Å². The van der Waals surface area contributed by atoms with Crippen LogP contribution in [0.2, 0.25) is 0 Å². The Bertz CT molecular complexity index is 699. The Morgan fingerprint density at radius 1 is 1.23 bits per heavy atom. The number of rotatable bonds is 10. The number of carboxylic acid groups (broad SMARTS) is 1. The summed E-state index contributed by atoms with van der Waals surface area (Å²) in [6, 6.07) is 11.5. The van der Waals surface area contributed by atoms with E-state index in [0.29, 0.717) is 17.7 Å². The van der Waals surface area contributed by atoms with Crippen molar-refractivity contribution in [3.05, 3.63) is 57.8 Å². The van der Waals surface area contributed by atoms with Gasteiger partial charge in [-0.15, -0.1) is 11.3 Å². The summed E-state index contributed by atoms with van der Waals surface area (Å²) >= 11 is 1.46. The Labute approximate surface area is 158 Å². The number of benzene rings is 1. The maximum Gasteiger partial charge on any atom is 0.505 e. The lowest BCUT2D eigenvalue weighted by molar-refractivity contribution is 0.0866. The van der Waals surface area contributed by atoms with E-state index in [1.807, 2.05) is 41.8 Å². The molecule has 0 saturated heterocycles. The minimum Gasteiger partial charge on any atom is -0.450 e. The third-order valence-electron chi connectivity index (χ3n) is 4.07. The number of carbonyl (C=O) groups is 2. The predicted octanol–water partition coefficient (Wildman–Crippen LogP) is 5.04. The lowest BCUT2D eigenvalue weighted by Gasteiger charge is -2.19. The van der Waals surface area contributed by atoms with Crippen molar-refractivity contribution >= 4 is 23.4 Å². The molecule has 0 aliphatic carbocycles. The van der Waals surface area contributed by atoms with Gasteiger partial charge >= 0.3 is 6.16 Å². The molecule has 1 atom stereocenters. The first-order chi connectivity index (χ1) is 12.6. The second-order valence-corrected chi connectivity index (χ2v) is 7.03. The summed E-state index contributed by atoms with van der Waals surface area (Å²) in [6.45, 7) is 2.27. The number of amides is 1. The SMILES string of the molecule is CCCCc1csc(C(=O)NC(CCCOC(=O)O)c2ccccc2)c1. The molecule has 1 aromatic heterocycles. The molecule has 140 valence electrons. The van der Waals surface area contributed by atoms with E-state index in [1.54, 1.807) is 0 Å². The number of nitrogens with one attached hydrogen (secondary N) is 1. The van der Waals surface area contributed by atoms with Gasteiger partial charge in [-0.2, -0.15) is 0 Å². The van der Waals surface area contributed by atoms with E-state index in [2.05, 4.69) is 17.0 Å². The van der Waals surface area contributed by atoms with Crippen LogP contribution in [0.1, 0.15) is 59.4 Å². The summed E-state index contributed by atoms with van der Waals surface area (Å²) in [6.07, 6.45) is 3.12. The van der Waals surface area contributed by atoms with Gasteiger partial charge in [0.05, 0.1) is 17.5 Å². The first-order valence-electron chi connectivity index (χ1n) is 8.89. The summed E-state index contributed by atoms with van der Waals surface area (Å²) in [5, 5.41) is 13.7. The van der Waals surface area contributed by atoms with Crippen molar-refractivity contribution in [3.63, 3.8) is 0 Å². The van der Waals surface area contributed by atoms with Crippen molar-refractivity contribution < 1.29 is 19.4 Å². The largest absolute Gasteiger partial charge is 0.505 e. The Hall–Kier alpha value is -2.34. The van der Waals surface area contributed by atoms with E-state index in [1.165, 1.54) is 16.9 Å². The first-order valence-corrected chi connectivity index (χ1v) is 9.77. The average Bonchev–Trinajstić information content (AvgIpc) is 3.12. The highest BCUT2D eigenvalue weighted by atomic mass is 32.1. The molecule has 1 aromatic carbocycles. The smallest absolute Gasteiger partial charge is 0.450 e. The van der Waals surface area contributed by atoms with E-state index >= 15 is 0 Å². The van der Waals surface area contributed by atoms with Gasteiger partial charge < -0.3 is 15.2 Å². The van der Waals surface area contributed by atoms with E-state index in [4.69, 9.17) is 5.11 Å². The number of aryl methyl sites for hydroxylation is 1. The van der Waals surface area contributed by atoms with Crippen molar-refractivity contribution in [2.75, 3.05) is 6.61 Å². The summed E-state index contributed by atoms with van der Waals surface area (Å²) in [4.78, 5) is 23.8. The second-order valence-electron chi connectivity index (χ2n) is 6.12. The van der Waals surface area contributed by atoms with Crippen LogP contribution in [0.4, 0.5) is 4.79 Å². The molecule has 26 heavy (non-hydrogen) atoms. The Balaban J connectivity index is 1.99. The molecule has 1 heterocycles. The van der Waals surface area contributed by atoms with E-state index in [9.17, 15) is 9.59 Å². The van der Waals surface area contributed by atoms with E-state index < -0.39 is 6.16 Å². The van der Waals surface area contributed by atoms with Gasteiger partial charge in [0.15, 0.2) is 0 Å². The lowest BCUT2D eigenvalue weighted by atomic mass is 10.0. The Morgan fingerprint density at radius 2 is 2.00 bits per heavy atom. The summed E-state index contributed by atoms with van der Waals surface area (Å²) in [5.74, 6) is -0.0919. The molecule has 6 heteroatoms. The van der Waals surface area contributed by atoms with Crippen LogP contribution in [0, 0.1) is 0 Å². The third kappa shape index (κ3) is 6.52. The van der Waals surface area contributed by atoms with Gasteiger partial charge in [-0.1, -0.05) is 43.7 Å². The van der Waals surface area contributed by atoms with Crippen molar-refractivity contribution in [1.29, 1.82) is 0 Å².